The van der Waals surface area contributed by atoms with Gasteiger partial charge in [0, 0.05) is 31.7 Å². The second-order valence-electron chi connectivity index (χ2n) is 4.50. The molecular formula is C10H17N2. The number of hydrogen-bond donors (Lipinski definition) is 0. The van der Waals surface area contributed by atoms with Gasteiger partial charge >= 0.3 is 0 Å². The molecule has 1 atom stereocenters. The molecule has 1 saturated heterocycles. The molecule has 0 aromatic rings. The van der Waals surface area contributed by atoms with Crippen molar-refractivity contribution in [2.75, 3.05) is 19.6 Å². The first-order chi connectivity index (χ1) is 5.95. The highest BCUT2D eigenvalue weighted by atomic mass is 15.3. The smallest absolute Gasteiger partial charge is 0.0293 e. The van der Waals surface area contributed by atoms with E-state index >= 15 is 0 Å². The van der Waals surface area contributed by atoms with E-state index in [1.807, 2.05) is 0 Å². The first-order valence-corrected chi connectivity index (χ1v) is 5.34. The number of rotatable bonds is 2. The molecule has 1 radical (unpaired) electrons. The maximum atomic E-state index is 4.54. The molecule has 1 heterocycles. The van der Waals surface area contributed by atoms with Gasteiger partial charge in [0.1, 0.15) is 0 Å². The maximum absolute atomic E-state index is 4.54. The van der Waals surface area contributed by atoms with Gasteiger partial charge in [0.05, 0.1) is 0 Å². The summed E-state index contributed by atoms with van der Waals surface area (Å²) in [7, 11) is 0. The molecule has 2 aliphatic carbocycles. The lowest BCUT2D eigenvalue weighted by Gasteiger charge is -2.35. The highest BCUT2D eigenvalue weighted by Crippen LogP contribution is 2.40. The molecule has 3 aliphatic rings. The zero-order chi connectivity index (χ0) is 7.97. The Hall–Kier alpha value is -0.0800. The van der Waals surface area contributed by atoms with E-state index in [2.05, 4.69) is 10.2 Å². The van der Waals surface area contributed by atoms with Crippen LogP contribution in [-0.2, 0) is 0 Å². The van der Waals surface area contributed by atoms with E-state index in [4.69, 9.17) is 0 Å². The van der Waals surface area contributed by atoms with Gasteiger partial charge in [-0.3, -0.25) is 4.90 Å². The first kappa shape index (κ1) is 7.34. The predicted molar refractivity (Wildman–Crippen MR) is 48.1 cm³/mol. The van der Waals surface area contributed by atoms with E-state index < -0.39 is 0 Å². The molecule has 0 aromatic carbocycles. The summed E-state index contributed by atoms with van der Waals surface area (Å²) in [6, 6.07) is 1.82. The van der Waals surface area contributed by atoms with Crippen molar-refractivity contribution in [3.63, 3.8) is 0 Å². The van der Waals surface area contributed by atoms with Gasteiger partial charge in [0.25, 0.3) is 0 Å². The third-order valence-corrected chi connectivity index (χ3v) is 3.44. The molecule has 2 saturated carbocycles. The Labute approximate surface area is 74.3 Å². The van der Waals surface area contributed by atoms with Crippen molar-refractivity contribution < 1.29 is 0 Å². The summed E-state index contributed by atoms with van der Waals surface area (Å²) in [5.41, 5.74) is 0. The highest BCUT2D eigenvalue weighted by Gasteiger charge is 2.42. The summed E-state index contributed by atoms with van der Waals surface area (Å²) in [5, 5.41) is 4.54. The van der Waals surface area contributed by atoms with E-state index in [0.717, 1.165) is 31.1 Å². The summed E-state index contributed by atoms with van der Waals surface area (Å²) in [6.07, 6.45) is 5.87. The van der Waals surface area contributed by atoms with Gasteiger partial charge in [-0.05, 0) is 31.6 Å². The minimum Gasteiger partial charge on any atom is -0.295 e. The summed E-state index contributed by atoms with van der Waals surface area (Å²) >= 11 is 0. The first-order valence-electron chi connectivity index (χ1n) is 5.34. The quantitative estimate of drug-likeness (QED) is 0.593. The van der Waals surface area contributed by atoms with Gasteiger partial charge in [-0.15, -0.1) is 0 Å². The fourth-order valence-electron chi connectivity index (χ4n) is 2.44. The van der Waals surface area contributed by atoms with Gasteiger partial charge in [-0.1, -0.05) is 0 Å². The molecule has 3 rings (SSSR count). The lowest BCUT2D eigenvalue weighted by atomic mass is 10.1. The summed E-state index contributed by atoms with van der Waals surface area (Å²) in [6.45, 7) is 3.49. The molecule has 1 aliphatic heterocycles. The summed E-state index contributed by atoms with van der Waals surface area (Å²) < 4.78 is 0. The Kier molecular flexibility index (Phi) is 1.66. The molecule has 0 bridgehead atoms. The number of hydrogen-bond acceptors (Lipinski definition) is 1. The zero-order valence-corrected chi connectivity index (χ0v) is 7.58. The molecule has 2 nitrogen and oxygen atoms in total. The molecule has 67 valence electrons. The van der Waals surface area contributed by atoms with E-state index in [0.29, 0.717) is 0 Å². The monoisotopic (exact) mass is 165 g/mol. The summed E-state index contributed by atoms with van der Waals surface area (Å²) in [5.74, 6) is 1.02. The highest BCUT2D eigenvalue weighted by molar-refractivity contribution is 4.98. The van der Waals surface area contributed by atoms with Crippen LogP contribution in [0.4, 0.5) is 0 Å². The fraction of sp³-hybridized carbons (Fsp3) is 1.00. The Morgan fingerprint density at radius 1 is 1.08 bits per heavy atom. The number of piperazine rings is 1. The van der Waals surface area contributed by atoms with E-state index in [1.165, 1.54) is 32.2 Å². The molecule has 0 amide bonds. The Balaban J connectivity index is 1.68. The van der Waals surface area contributed by atoms with Crippen LogP contribution < -0.4 is 5.32 Å². The van der Waals surface area contributed by atoms with Crippen molar-refractivity contribution in [1.82, 2.24) is 10.2 Å². The molecule has 1 unspecified atom stereocenters. The average molecular weight is 165 g/mol. The van der Waals surface area contributed by atoms with Gasteiger partial charge in [0.15, 0.2) is 0 Å². The Morgan fingerprint density at radius 2 is 1.92 bits per heavy atom. The molecule has 0 N–H and O–H groups in total. The van der Waals surface area contributed by atoms with Crippen LogP contribution in [0.2, 0.25) is 0 Å². The zero-order valence-electron chi connectivity index (χ0n) is 7.58. The van der Waals surface area contributed by atoms with Crippen LogP contribution in [0.1, 0.15) is 25.7 Å². The topological polar surface area (TPSA) is 17.3 Å². The van der Waals surface area contributed by atoms with Crippen LogP contribution >= 0.6 is 0 Å². The van der Waals surface area contributed by atoms with Crippen LogP contribution in [0.15, 0.2) is 0 Å². The van der Waals surface area contributed by atoms with Crippen molar-refractivity contribution in [3.05, 3.63) is 0 Å². The lowest BCUT2D eigenvalue weighted by molar-refractivity contribution is 0.133. The van der Waals surface area contributed by atoms with E-state index in [1.54, 1.807) is 0 Å². The van der Waals surface area contributed by atoms with E-state index in [9.17, 15) is 0 Å². The van der Waals surface area contributed by atoms with Gasteiger partial charge in [-0.2, -0.15) is 0 Å². The van der Waals surface area contributed by atoms with Gasteiger partial charge in [0.2, 0.25) is 0 Å². The molecule has 0 aromatic heterocycles. The maximum Gasteiger partial charge on any atom is 0.0293 e. The third-order valence-electron chi connectivity index (χ3n) is 3.44. The normalized spacial score (nSPS) is 38.5. The minimum atomic E-state index is 0.853. The molecule has 2 heteroatoms. The van der Waals surface area contributed by atoms with Gasteiger partial charge < -0.3 is 0 Å². The van der Waals surface area contributed by atoms with Crippen LogP contribution in [0.25, 0.3) is 0 Å². The van der Waals surface area contributed by atoms with Crippen molar-refractivity contribution in [3.8, 4) is 0 Å². The predicted octanol–water partition coefficient (Wildman–Crippen LogP) is 0.847. The van der Waals surface area contributed by atoms with Crippen molar-refractivity contribution in [2.45, 2.75) is 37.8 Å². The summed E-state index contributed by atoms with van der Waals surface area (Å²) in [4.78, 5) is 2.75. The standard InChI is InChI=1S/C10H17N2/c1-2-8(1)10-7-11-5-6-12(10)9-3-4-9/h8-10H,1-7H2. The molecule has 12 heavy (non-hydrogen) atoms. The Morgan fingerprint density at radius 3 is 2.58 bits per heavy atom. The second kappa shape index (κ2) is 2.71. The lowest BCUT2D eigenvalue weighted by Crippen LogP contribution is -2.50. The van der Waals surface area contributed by atoms with Crippen LogP contribution in [-0.4, -0.2) is 36.6 Å². The average Bonchev–Trinajstić information content (AvgIpc) is 2.99. The minimum absolute atomic E-state index is 0.853. The Bertz CT molecular complexity index is 153. The van der Waals surface area contributed by atoms with Crippen LogP contribution in [0, 0.1) is 5.92 Å². The van der Waals surface area contributed by atoms with E-state index in [-0.39, 0.29) is 0 Å². The third kappa shape index (κ3) is 1.27. The second-order valence-corrected chi connectivity index (χ2v) is 4.50. The SMILES string of the molecule is C1CN(C2CC2)C(C2CC2)C[N]1. The number of nitrogens with zero attached hydrogens (tertiary/aromatic N) is 2. The fourth-order valence-corrected chi connectivity index (χ4v) is 2.44. The van der Waals surface area contributed by atoms with Crippen molar-refractivity contribution in [2.24, 2.45) is 5.92 Å². The molecular weight excluding hydrogens is 148 g/mol. The molecule has 3 fully saturated rings. The van der Waals surface area contributed by atoms with Crippen LogP contribution in [0.5, 0.6) is 0 Å². The molecule has 0 spiro atoms. The van der Waals surface area contributed by atoms with Crippen molar-refractivity contribution in [1.29, 1.82) is 0 Å². The van der Waals surface area contributed by atoms with Gasteiger partial charge in [-0.25, -0.2) is 5.32 Å². The van der Waals surface area contributed by atoms with Crippen LogP contribution in [0.3, 0.4) is 0 Å². The van der Waals surface area contributed by atoms with Crippen molar-refractivity contribution >= 4 is 0 Å². The largest absolute Gasteiger partial charge is 0.295 e.